The van der Waals surface area contributed by atoms with E-state index in [1.807, 2.05) is 0 Å². The predicted molar refractivity (Wildman–Crippen MR) is 68.6 cm³/mol. The summed E-state index contributed by atoms with van der Waals surface area (Å²) in [5, 5.41) is 22.9. The molecule has 0 saturated carbocycles. The minimum absolute atomic E-state index is 0.0142. The average Bonchev–Trinajstić information content (AvgIpc) is 2.86. The van der Waals surface area contributed by atoms with Crippen molar-refractivity contribution in [3.05, 3.63) is 16.0 Å². The van der Waals surface area contributed by atoms with E-state index in [0.717, 1.165) is 0 Å². The molecular weight excluding hydrogens is 250 g/mol. The number of anilines is 1. The number of nitrogens with two attached hydrogens (primary N) is 1. The standard InChI is InChI=1S/C11H15N5O3/c1-3-8(17)9(18)6(14-3)4-2-13-7-5(4)15-11(12)16-10(7)19/h2-4,6,8-9,14,17-18H,1H3,(H3,12,15,16,19)/t3-,4?,6+,8-,9+/m0/s1. The molecule has 2 aliphatic heterocycles. The van der Waals surface area contributed by atoms with Crippen LogP contribution in [0.1, 0.15) is 18.5 Å². The van der Waals surface area contributed by atoms with Crippen LogP contribution in [0, 0.1) is 0 Å². The van der Waals surface area contributed by atoms with E-state index in [1.165, 1.54) is 0 Å². The molecule has 2 aliphatic rings. The SMILES string of the molecule is C[C@@H]1N[C@H](C2C=Nc3c2nc(N)[nH]c3=O)[C@@H](O)[C@H]1O. The Hall–Kier alpha value is -1.77. The zero-order valence-corrected chi connectivity index (χ0v) is 10.2. The summed E-state index contributed by atoms with van der Waals surface area (Å²) in [4.78, 5) is 22.2. The van der Waals surface area contributed by atoms with E-state index >= 15 is 0 Å². The molecule has 3 heterocycles. The summed E-state index contributed by atoms with van der Waals surface area (Å²) in [5.74, 6) is -0.366. The van der Waals surface area contributed by atoms with E-state index in [2.05, 4.69) is 20.3 Å². The molecule has 6 N–H and O–H groups in total. The summed E-state index contributed by atoms with van der Waals surface area (Å²) < 4.78 is 0. The number of H-pyrrole nitrogens is 1. The molecule has 0 radical (unpaired) electrons. The zero-order valence-electron chi connectivity index (χ0n) is 10.2. The number of nitrogens with one attached hydrogen (secondary N) is 2. The van der Waals surface area contributed by atoms with Gasteiger partial charge in [-0.25, -0.2) is 4.98 Å². The van der Waals surface area contributed by atoms with Gasteiger partial charge in [-0.3, -0.25) is 14.8 Å². The number of fused-ring (bicyclic) bond motifs is 1. The summed E-state index contributed by atoms with van der Waals surface area (Å²) in [7, 11) is 0. The van der Waals surface area contributed by atoms with Crippen LogP contribution in [-0.4, -0.2) is 50.7 Å². The molecule has 0 amide bonds. The Kier molecular flexibility index (Phi) is 2.66. The third kappa shape index (κ3) is 1.76. The van der Waals surface area contributed by atoms with Crippen LogP contribution in [0.2, 0.25) is 0 Å². The molecule has 1 aromatic heterocycles. The van der Waals surface area contributed by atoms with Gasteiger partial charge in [0.2, 0.25) is 5.95 Å². The van der Waals surface area contributed by atoms with Crippen molar-refractivity contribution in [2.45, 2.75) is 37.1 Å². The summed E-state index contributed by atoms with van der Waals surface area (Å²) in [5.41, 5.74) is 5.77. The smallest absolute Gasteiger partial charge is 0.278 e. The van der Waals surface area contributed by atoms with E-state index in [-0.39, 0.29) is 23.6 Å². The zero-order chi connectivity index (χ0) is 13.7. The number of nitrogens with zero attached hydrogens (tertiary/aromatic N) is 2. The van der Waals surface area contributed by atoms with Crippen LogP contribution in [0.5, 0.6) is 0 Å². The Morgan fingerprint density at radius 2 is 2.11 bits per heavy atom. The fourth-order valence-corrected chi connectivity index (χ4v) is 2.67. The van der Waals surface area contributed by atoms with Crippen molar-refractivity contribution in [1.82, 2.24) is 15.3 Å². The number of aliphatic imine (C=N–C) groups is 1. The fraction of sp³-hybridized carbons (Fsp3) is 0.545. The molecular formula is C11H15N5O3. The summed E-state index contributed by atoms with van der Waals surface area (Å²) in [6.07, 6.45) is -0.251. The largest absolute Gasteiger partial charge is 0.389 e. The van der Waals surface area contributed by atoms with Crippen molar-refractivity contribution in [2.24, 2.45) is 4.99 Å². The Bertz CT molecular complexity index is 598. The van der Waals surface area contributed by atoms with Crippen LogP contribution in [0.25, 0.3) is 0 Å². The van der Waals surface area contributed by atoms with E-state index in [9.17, 15) is 15.0 Å². The molecule has 1 fully saturated rings. The summed E-state index contributed by atoms with van der Waals surface area (Å²) in [6.45, 7) is 1.78. The maximum atomic E-state index is 11.7. The number of aliphatic hydroxyl groups is 2. The molecule has 0 aromatic carbocycles. The number of rotatable bonds is 1. The molecule has 0 spiro atoms. The van der Waals surface area contributed by atoms with Crippen LogP contribution >= 0.6 is 0 Å². The first-order valence-electron chi connectivity index (χ1n) is 6.05. The Labute approximate surface area is 108 Å². The van der Waals surface area contributed by atoms with Crippen LogP contribution in [0.3, 0.4) is 0 Å². The lowest BCUT2D eigenvalue weighted by atomic mass is 9.94. The van der Waals surface area contributed by atoms with Gasteiger partial charge in [0.25, 0.3) is 5.56 Å². The molecule has 1 aromatic rings. The van der Waals surface area contributed by atoms with Crippen LogP contribution in [0.4, 0.5) is 11.6 Å². The van der Waals surface area contributed by atoms with Gasteiger partial charge in [0.05, 0.1) is 23.8 Å². The van der Waals surface area contributed by atoms with Crippen molar-refractivity contribution in [2.75, 3.05) is 5.73 Å². The molecule has 1 saturated heterocycles. The van der Waals surface area contributed by atoms with Crippen molar-refractivity contribution >= 4 is 17.9 Å². The van der Waals surface area contributed by atoms with Gasteiger partial charge in [0.1, 0.15) is 0 Å². The molecule has 1 unspecified atom stereocenters. The van der Waals surface area contributed by atoms with E-state index in [4.69, 9.17) is 5.73 Å². The second-order valence-electron chi connectivity index (χ2n) is 4.95. The molecule has 5 atom stereocenters. The maximum Gasteiger partial charge on any atom is 0.278 e. The highest BCUT2D eigenvalue weighted by Gasteiger charge is 2.45. The van der Waals surface area contributed by atoms with Gasteiger partial charge >= 0.3 is 0 Å². The second-order valence-corrected chi connectivity index (χ2v) is 4.95. The lowest BCUT2D eigenvalue weighted by Crippen LogP contribution is -2.39. The Morgan fingerprint density at radius 1 is 1.37 bits per heavy atom. The normalized spacial score (nSPS) is 36.7. The minimum Gasteiger partial charge on any atom is -0.389 e. The van der Waals surface area contributed by atoms with Gasteiger partial charge in [-0.2, -0.15) is 0 Å². The van der Waals surface area contributed by atoms with Crippen molar-refractivity contribution in [1.29, 1.82) is 0 Å². The van der Waals surface area contributed by atoms with Crippen LogP contribution < -0.4 is 16.6 Å². The topological polar surface area (TPSA) is 137 Å². The Balaban J connectivity index is 2.00. The predicted octanol–water partition coefficient (Wildman–Crippen LogP) is -1.77. The molecule has 0 aliphatic carbocycles. The first-order valence-corrected chi connectivity index (χ1v) is 6.05. The molecule has 102 valence electrons. The lowest BCUT2D eigenvalue weighted by Gasteiger charge is -2.20. The minimum atomic E-state index is -0.945. The van der Waals surface area contributed by atoms with Gasteiger partial charge in [0.15, 0.2) is 5.69 Å². The van der Waals surface area contributed by atoms with Crippen LogP contribution in [0.15, 0.2) is 9.79 Å². The van der Waals surface area contributed by atoms with E-state index in [0.29, 0.717) is 5.69 Å². The van der Waals surface area contributed by atoms with Crippen molar-refractivity contribution < 1.29 is 10.2 Å². The summed E-state index contributed by atoms with van der Waals surface area (Å²) in [6, 6.07) is -0.680. The van der Waals surface area contributed by atoms with Crippen molar-refractivity contribution in [3.8, 4) is 0 Å². The molecule has 3 rings (SSSR count). The van der Waals surface area contributed by atoms with Gasteiger partial charge in [-0.15, -0.1) is 0 Å². The van der Waals surface area contributed by atoms with Gasteiger partial charge in [-0.1, -0.05) is 0 Å². The maximum absolute atomic E-state index is 11.7. The van der Waals surface area contributed by atoms with Gasteiger partial charge < -0.3 is 21.3 Å². The third-order valence-corrected chi connectivity index (χ3v) is 3.69. The second kappa shape index (κ2) is 4.12. The molecule has 0 bridgehead atoms. The lowest BCUT2D eigenvalue weighted by molar-refractivity contribution is 0.0293. The number of nitrogen functional groups attached to an aromatic ring is 1. The fourth-order valence-electron chi connectivity index (χ4n) is 2.67. The number of hydrogen-bond acceptors (Lipinski definition) is 7. The number of hydrogen-bond donors (Lipinski definition) is 5. The highest BCUT2D eigenvalue weighted by atomic mass is 16.3. The van der Waals surface area contributed by atoms with E-state index < -0.39 is 23.8 Å². The van der Waals surface area contributed by atoms with Crippen molar-refractivity contribution in [3.63, 3.8) is 0 Å². The molecule has 8 heteroatoms. The third-order valence-electron chi connectivity index (χ3n) is 3.69. The first kappa shape index (κ1) is 12.3. The Morgan fingerprint density at radius 3 is 2.74 bits per heavy atom. The first-order chi connectivity index (χ1) is 8.99. The molecule has 8 nitrogen and oxygen atoms in total. The average molecular weight is 265 g/mol. The quantitative estimate of drug-likeness (QED) is 0.408. The van der Waals surface area contributed by atoms with Gasteiger partial charge in [0, 0.05) is 18.3 Å². The summed E-state index contributed by atoms with van der Waals surface area (Å²) >= 11 is 0. The van der Waals surface area contributed by atoms with E-state index in [1.54, 1.807) is 13.1 Å². The molecule has 19 heavy (non-hydrogen) atoms. The number of aromatic amines is 1. The monoisotopic (exact) mass is 265 g/mol. The van der Waals surface area contributed by atoms with Crippen LogP contribution in [-0.2, 0) is 0 Å². The highest BCUT2D eigenvalue weighted by Crippen LogP contribution is 2.34. The van der Waals surface area contributed by atoms with Gasteiger partial charge in [-0.05, 0) is 6.92 Å². The number of aromatic nitrogens is 2. The number of aliphatic hydroxyl groups excluding tert-OH is 2. The highest BCUT2D eigenvalue weighted by molar-refractivity contribution is 5.80.